The Bertz CT molecular complexity index is 288. The summed E-state index contributed by atoms with van der Waals surface area (Å²) in [6.07, 6.45) is 10.8. The Kier molecular flexibility index (Phi) is 8.93. The van der Waals surface area contributed by atoms with Crippen molar-refractivity contribution in [3.8, 4) is 0 Å². The van der Waals surface area contributed by atoms with Gasteiger partial charge in [-0.15, -0.1) is 0 Å². The molecule has 0 aromatic carbocycles. The Morgan fingerprint density at radius 3 is 2.48 bits per heavy atom. The number of esters is 1. The van der Waals surface area contributed by atoms with Crippen LogP contribution in [0.1, 0.15) is 71.6 Å². The first-order chi connectivity index (χ1) is 10.1. The van der Waals surface area contributed by atoms with E-state index in [1.165, 1.54) is 45.6 Å². The number of methoxy groups -OCH3 is 1. The molecular formula is C17H33NO3. The molecule has 1 aliphatic rings. The molecule has 1 atom stereocenters. The maximum atomic E-state index is 12.0. The zero-order chi connectivity index (χ0) is 15.6. The number of rotatable bonds is 9. The van der Waals surface area contributed by atoms with E-state index >= 15 is 0 Å². The Balaban J connectivity index is 2.30. The molecule has 1 rings (SSSR count). The monoisotopic (exact) mass is 299 g/mol. The van der Waals surface area contributed by atoms with Crippen LogP contribution in [-0.2, 0) is 14.3 Å². The summed E-state index contributed by atoms with van der Waals surface area (Å²) in [5.74, 6) is -0.176. The van der Waals surface area contributed by atoms with Gasteiger partial charge in [-0.1, -0.05) is 32.6 Å². The molecule has 1 saturated carbocycles. The summed E-state index contributed by atoms with van der Waals surface area (Å²) in [4.78, 5) is 12.0. The third-order valence-corrected chi connectivity index (χ3v) is 4.38. The number of carbonyl (C=O) groups is 1. The van der Waals surface area contributed by atoms with Gasteiger partial charge in [-0.2, -0.15) is 0 Å². The number of hydrogen-bond donors (Lipinski definition) is 1. The van der Waals surface area contributed by atoms with Crippen LogP contribution in [0.4, 0.5) is 0 Å². The molecule has 4 heteroatoms. The van der Waals surface area contributed by atoms with Crippen molar-refractivity contribution in [1.82, 2.24) is 5.32 Å². The molecule has 21 heavy (non-hydrogen) atoms. The lowest BCUT2D eigenvalue weighted by Gasteiger charge is -2.28. The molecule has 0 aromatic heterocycles. The fourth-order valence-corrected chi connectivity index (χ4v) is 2.97. The number of nitrogens with one attached hydrogen (secondary N) is 1. The van der Waals surface area contributed by atoms with Gasteiger partial charge in [0.15, 0.2) is 0 Å². The number of ether oxygens (including phenoxy) is 2. The maximum Gasteiger partial charge on any atom is 0.325 e. The molecule has 1 aliphatic carbocycles. The van der Waals surface area contributed by atoms with Crippen molar-refractivity contribution < 1.29 is 14.3 Å². The molecule has 0 aliphatic heterocycles. The average molecular weight is 299 g/mol. The van der Waals surface area contributed by atoms with E-state index in [0.29, 0.717) is 6.10 Å². The van der Waals surface area contributed by atoms with Gasteiger partial charge in [0.2, 0.25) is 0 Å². The van der Waals surface area contributed by atoms with Crippen LogP contribution in [0.2, 0.25) is 0 Å². The van der Waals surface area contributed by atoms with E-state index in [1.807, 2.05) is 6.92 Å². The molecule has 4 nitrogen and oxygen atoms in total. The highest BCUT2D eigenvalue weighted by molar-refractivity contribution is 5.80. The van der Waals surface area contributed by atoms with Crippen molar-refractivity contribution in [1.29, 1.82) is 0 Å². The second-order valence-electron chi connectivity index (χ2n) is 6.34. The first-order valence-electron chi connectivity index (χ1n) is 8.57. The van der Waals surface area contributed by atoms with E-state index in [4.69, 9.17) is 9.47 Å². The van der Waals surface area contributed by atoms with Crippen LogP contribution in [0.25, 0.3) is 0 Å². The molecule has 124 valence electrons. The quantitative estimate of drug-likeness (QED) is 0.402. The zero-order valence-corrected chi connectivity index (χ0v) is 14.1. The van der Waals surface area contributed by atoms with Crippen molar-refractivity contribution in [2.24, 2.45) is 0 Å². The predicted molar refractivity (Wildman–Crippen MR) is 85.4 cm³/mol. The molecule has 0 spiro atoms. The highest BCUT2D eigenvalue weighted by Gasteiger charge is 2.32. The van der Waals surface area contributed by atoms with Gasteiger partial charge in [-0.3, -0.25) is 4.79 Å². The second kappa shape index (κ2) is 10.2. The normalized spacial score (nSPS) is 19.8. The first-order valence-corrected chi connectivity index (χ1v) is 8.57. The standard InChI is InChI=1S/C17H33NO3/c1-4-13-18-17(2,16(19)20-3)12-9-14-21-15-10-7-5-6-8-11-15/h15,18H,4-14H2,1-3H3. The number of carbonyl (C=O) groups excluding carboxylic acids is 1. The average Bonchev–Trinajstić information content (AvgIpc) is 2.77. The summed E-state index contributed by atoms with van der Waals surface area (Å²) in [7, 11) is 1.45. The Hall–Kier alpha value is -0.610. The van der Waals surface area contributed by atoms with Gasteiger partial charge < -0.3 is 14.8 Å². The summed E-state index contributed by atoms with van der Waals surface area (Å²) < 4.78 is 10.9. The van der Waals surface area contributed by atoms with Crippen LogP contribution in [-0.4, -0.2) is 37.9 Å². The van der Waals surface area contributed by atoms with Crippen LogP contribution in [0, 0.1) is 0 Å². The summed E-state index contributed by atoms with van der Waals surface area (Å²) in [6, 6.07) is 0. The second-order valence-corrected chi connectivity index (χ2v) is 6.34. The first kappa shape index (κ1) is 18.4. The number of hydrogen-bond acceptors (Lipinski definition) is 4. The summed E-state index contributed by atoms with van der Waals surface area (Å²) in [6.45, 7) is 5.60. The fraction of sp³-hybridized carbons (Fsp3) is 0.941. The zero-order valence-electron chi connectivity index (χ0n) is 14.1. The van der Waals surface area contributed by atoms with Crippen LogP contribution in [0.15, 0.2) is 0 Å². The smallest absolute Gasteiger partial charge is 0.325 e. The van der Waals surface area contributed by atoms with Gasteiger partial charge in [0, 0.05) is 6.61 Å². The molecule has 0 amide bonds. The van der Waals surface area contributed by atoms with E-state index in [2.05, 4.69) is 12.2 Å². The van der Waals surface area contributed by atoms with E-state index in [0.717, 1.165) is 32.4 Å². The minimum absolute atomic E-state index is 0.176. The van der Waals surface area contributed by atoms with E-state index in [-0.39, 0.29) is 5.97 Å². The van der Waals surface area contributed by atoms with Crippen molar-refractivity contribution in [2.75, 3.05) is 20.3 Å². The molecule has 1 N–H and O–H groups in total. The third-order valence-electron chi connectivity index (χ3n) is 4.38. The lowest BCUT2D eigenvalue weighted by molar-refractivity contribution is -0.148. The molecule has 0 radical (unpaired) electrons. The highest BCUT2D eigenvalue weighted by Crippen LogP contribution is 2.21. The lowest BCUT2D eigenvalue weighted by atomic mass is 9.95. The van der Waals surface area contributed by atoms with Crippen molar-refractivity contribution >= 4 is 5.97 Å². The van der Waals surface area contributed by atoms with Crippen molar-refractivity contribution in [3.05, 3.63) is 0 Å². The van der Waals surface area contributed by atoms with Gasteiger partial charge in [-0.25, -0.2) is 0 Å². The highest BCUT2D eigenvalue weighted by atomic mass is 16.5. The summed E-state index contributed by atoms with van der Waals surface area (Å²) in [5.41, 5.74) is -0.586. The Labute approximate surface area is 130 Å². The predicted octanol–water partition coefficient (Wildman–Crippen LogP) is 3.44. The van der Waals surface area contributed by atoms with E-state index in [9.17, 15) is 4.79 Å². The van der Waals surface area contributed by atoms with Crippen LogP contribution in [0.5, 0.6) is 0 Å². The molecule has 0 aromatic rings. The van der Waals surface area contributed by atoms with E-state index in [1.54, 1.807) is 0 Å². The molecule has 0 saturated heterocycles. The van der Waals surface area contributed by atoms with Crippen LogP contribution >= 0.6 is 0 Å². The van der Waals surface area contributed by atoms with Gasteiger partial charge in [0.1, 0.15) is 5.54 Å². The Morgan fingerprint density at radius 2 is 1.90 bits per heavy atom. The van der Waals surface area contributed by atoms with Crippen LogP contribution < -0.4 is 5.32 Å². The molecule has 1 fully saturated rings. The maximum absolute atomic E-state index is 12.0. The van der Waals surface area contributed by atoms with Gasteiger partial charge >= 0.3 is 5.97 Å². The largest absolute Gasteiger partial charge is 0.468 e. The topological polar surface area (TPSA) is 47.6 Å². The molecule has 0 heterocycles. The summed E-state index contributed by atoms with van der Waals surface area (Å²) >= 11 is 0. The molecule has 0 bridgehead atoms. The molecular weight excluding hydrogens is 266 g/mol. The minimum atomic E-state index is -0.586. The minimum Gasteiger partial charge on any atom is -0.468 e. The summed E-state index contributed by atoms with van der Waals surface area (Å²) in [5, 5.41) is 3.31. The third kappa shape index (κ3) is 6.79. The molecule has 1 unspecified atom stereocenters. The van der Waals surface area contributed by atoms with Gasteiger partial charge in [0.05, 0.1) is 13.2 Å². The lowest BCUT2D eigenvalue weighted by Crippen LogP contribution is -2.50. The van der Waals surface area contributed by atoms with Gasteiger partial charge in [-0.05, 0) is 45.6 Å². The SMILES string of the molecule is CCCNC(C)(CCCOC1CCCCCC1)C(=O)OC. The fourth-order valence-electron chi connectivity index (χ4n) is 2.97. The van der Waals surface area contributed by atoms with Crippen molar-refractivity contribution in [2.45, 2.75) is 83.3 Å². The van der Waals surface area contributed by atoms with Crippen molar-refractivity contribution in [3.63, 3.8) is 0 Å². The van der Waals surface area contributed by atoms with E-state index < -0.39 is 5.54 Å². The van der Waals surface area contributed by atoms with Gasteiger partial charge in [0.25, 0.3) is 0 Å². The van der Waals surface area contributed by atoms with Crippen LogP contribution in [0.3, 0.4) is 0 Å². The Morgan fingerprint density at radius 1 is 1.24 bits per heavy atom.